The van der Waals surface area contributed by atoms with E-state index < -0.39 is 78.0 Å². The summed E-state index contributed by atoms with van der Waals surface area (Å²) in [5.74, 6) is -4.01. The summed E-state index contributed by atoms with van der Waals surface area (Å²) in [6.45, 7) is 3.43. The Kier molecular flexibility index (Phi) is 11.3. The van der Waals surface area contributed by atoms with Crippen molar-refractivity contribution >= 4 is 35.7 Å². The van der Waals surface area contributed by atoms with Crippen LogP contribution in [0.5, 0.6) is 0 Å². The Morgan fingerprint density at radius 3 is 2.15 bits per heavy atom. The van der Waals surface area contributed by atoms with Gasteiger partial charge in [0.2, 0.25) is 0 Å². The van der Waals surface area contributed by atoms with E-state index in [0.29, 0.717) is 0 Å². The summed E-state index contributed by atoms with van der Waals surface area (Å²) in [6, 6.07) is 0. The molecule has 1 aromatic rings. The Hall–Kier alpha value is -4.12. The predicted molar refractivity (Wildman–Crippen MR) is 124 cm³/mol. The molecule has 0 radical (unpaired) electrons. The Morgan fingerprint density at radius 1 is 1.00 bits per heavy atom. The van der Waals surface area contributed by atoms with Crippen molar-refractivity contribution in [2.24, 2.45) is 0 Å². The number of likely N-dealkylation sites (N-methyl/N-ethyl adjacent to an activating group) is 1. The zero-order valence-electron chi connectivity index (χ0n) is 22.0. The first kappa shape index (κ1) is 31.1. The van der Waals surface area contributed by atoms with Crippen LogP contribution < -0.4 is 0 Å². The first-order valence-electron chi connectivity index (χ1n) is 11.6. The molecule has 0 aromatic carbocycles. The smallest absolute Gasteiger partial charge is 0.435 e. The van der Waals surface area contributed by atoms with E-state index >= 15 is 0 Å². The van der Waals surface area contributed by atoms with Crippen LogP contribution in [-0.2, 0) is 58.9 Å². The van der Waals surface area contributed by atoms with Gasteiger partial charge in [0.1, 0.15) is 25.1 Å². The molecule has 39 heavy (non-hydrogen) atoms. The number of amides is 1. The second-order valence-corrected chi connectivity index (χ2v) is 8.37. The molecule has 17 heteroatoms. The lowest BCUT2D eigenvalue weighted by Crippen LogP contribution is -2.63. The fraction of sp³-hybridized carbons (Fsp3) is 0.636. The lowest BCUT2D eigenvalue weighted by Gasteiger charge is -2.44. The predicted octanol–water partition coefficient (Wildman–Crippen LogP) is -0.651. The molecule has 2 heterocycles. The summed E-state index contributed by atoms with van der Waals surface area (Å²) in [6.07, 6.45) is -4.22. The number of nitrogens with zero attached hydrogens (tertiary/aromatic N) is 4. The van der Waals surface area contributed by atoms with Crippen LogP contribution in [0.15, 0.2) is 12.4 Å². The lowest BCUT2D eigenvalue weighted by molar-refractivity contribution is -0.396. The van der Waals surface area contributed by atoms with Crippen LogP contribution in [0, 0.1) is 10.1 Å². The molecule has 0 unspecified atom stereocenters. The number of carbonyl (C=O) groups excluding carboxylic acids is 5. The van der Waals surface area contributed by atoms with Crippen molar-refractivity contribution in [1.82, 2.24) is 14.5 Å². The molecule has 0 bridgehead atoms. The van der Waals surface area contributed by atoms with Gasteiger partial charge in [0.05, 0.1) is 6.61 Å². The standard InChI is InChI=1S/C22H30N4O13/c1-12(27)35-11-16-18(36-13(2)28)19(37-14(3)29)20(38-15(4)30)21(39-16)34-9-8-24(5)17(31)10-25-7-6-23-22(25)26(32)33/h6-7,16,18-21H,8-11H2,1-5H3/t16-,18+,19+,20-,21-/m1/s1. The van der Waals surface area contributed by atoms with Crippen molar-refractivity contribution in [1.29, 1.82) is 0 Å². The Morgan fingerprint density at radius 2 is 1.59 bits per heavy atom. The quantitative estimate of drug-likeness (QED) is 0.135. The summed E-state index contributed by atoms with van der Waals surface area (Å²) in [7, 11) is 1.43. The van der Waals surface area contributed by atoms with Gasteiger partial charge in [0, 0.05) is 41.3 Å². The van der Waals surface area contributed by atoms with Gasteiger partial charge >= 0.3 is 29.8 Å². The van der Waals surface area contributed by atoms with Crippen molar-refractivity contribution in [2.75, 3.05) is 26.8 Å². The first-order chi connectivity index (χ1) is 18.3. The van der Waals surface area contributed by atoms with Crippen LogP contribution in [0.1, 0.15) is 27.7 Å². The number of imidazole rings is 1. The second-order valence-electron chi connectivity index (χ2n) is 8.37. The molecule has 1 aromatic heterocycles. The lowest BCUT2D eigenvalue weighted by atomic mass is 9.98. The average Bonchev–Trinajstić information content (AvgIpc) is 3.28. The third-order valence-corrected chi connectivity index (χ3v) is 5.25. The maximum absolute atomic E-state index is 12.5. The van der Waals surface area contributed by atoms with E-state index in [1.54, 1.807) is 0 Å². The van der Waals surface area contributed by atoms with E-state index in [4.69, 9.17) is 28.4 Å². The molecule has 5 atom stereocenters. The van der Waals surface area contributed by atoms with Gasteiger partial charge in [-0.05, 0) is 4.92 Å². The fourth-order valence-electron chi connectivity index (χ4n) is 3.62. The number of rotatable bonds is 12. The van der Waals surface area contributed by atoms with Gasteiger partial charge in [-0.1, -0.05) is 4.98 Å². The Balaban J connectivity index is 2.18. The molecule has 1 fully saturated rings. The highest BCUT2D eigenvalue weighted by atomic mass is 16.7. The van der Waals surface area contributed by atoms with Gasteiger partial charge in [0.15, 0.2) is 31.1 Å². The van der Waals surface area contributed by atoms with Gasteiger partial charge in [0.25, 0.3) is 5.91 Å². The minimum absolute atomic E-state index is 0.0335. The number of carbonyl (C=O) groups is 5. The zero-order valence-corrected chi connectivity index (χ0v) is 22.0. The van der Waals surface area contributed by atoms with E-state index in [2.05, 4.69) is 4.98 Å². The van der Waals surface area contributed by atoms with E-state index in [9.17, 15) is 34.1 Å². The molecular formula is C22H30N4O13. The molecule has 1 aliphatic heterocycles. The zero-order chi connectivity index (χ0) is 29.3. The Labute approximate surface area is 222 Å². The van der Waals surface area contributed by atoms with Gasteiger partial charge in [-0.3, -0.25) is 24.0 Å². The molecule has 1 amide bonds. The van der Waals surface area contributed by atoms with Crippen molar-refractivity contribution < 1.29 is 57.3 Å². The number of hydrogen-bond donors (Lipinski definition) is 0. The summed E-state index contributed by atoms with van der Waals surface area (Å²) in [5, 5.41) is 11.0. The van der Waals surface area contributed by atoms with Crippen molar-refractivity contribution in [3.8, 4) is 0 Å². The molecule has 2 rings (SSSR count). The van der Waals surface area contributed by atoms with Crippen LogP contribution >= 0.6 is 0 Å². The van der Waals surface area contributed by atoms with Crippen LogP contribution in [0.25, 0.3) is 0 Å². The molecule has 216 valence electrons. The van der Waals surface area contributed by atoms with Crippen molar-refractivity contribution in [2.45, 2.75) is 64.9 Å². The minimum Gasteiger partial charge on any atom is -0.463 e. The summed E-state index contributed by atoms with van der Waals surface area (Å²) >= 11 is 0. The van der Waals surface area contributed by atoms with Crippen LogP contribution in [-0.4, -0.2) is 107 Å². The van der Waals surface area contributed by atoms with Crippen LogP contribution in [0.3, 0.4) is 0 Å². The number of esters is 4. The molecular weight excluding hydrogens is 528 g/mol. The minimum atomic E-state index is -1.40. The number of nitro groups is 1. The topological polar surface area (TPSA) is 205 Å². The normalized spacial score (nSPS) is 22.3. The molecule has 1 aliphatic rings. The number of hydrogen-bond acceptors (Lipinski definition) is 14. The molecule has 0 N–H and O–H groups in total. The molecule has 17 nitrogen and oxygen atoms in total. The van der Waals surface area contributed by atoms with Gasteiger partial charge in [-0.15, -0.1) is 0 Å². The monoisotopic (exact) mass is 558 g/mol. The summed E-state index contributed by atoms with van der Waals surface area (Å²) < 4.78 is 33.5. The van der Waals surface area contributed by atoms with E-state index in [1.165, 1.54) is 24.3 Å². The first-order valence-corrected chi connectivity index (χ1v) is 11.6. The molecule has 0 aliphatic carbocycles. The molecule has 0 saturated carbocycles. The van der Waals surface area contributed by atoms with Gasteiger partial charge in [-0.2, -0.15) is 0 Å². The van der Waals surface area contributed by atoms with Gasteiger partial charge < -0.3 is 43.4 Å². The van der Waals surface area contributed by atoms with Crippen LogP contribution in [0.2, 0.25) is 0 Å². The van der Waals surface area contributed by atoms with Crippen LogP contribution in [0.4, 0.5) is 5.95 Å². The van der Waals surface area contributed by atoms with E-state index in [0.717, 1.165) is 32.3 Å². The van der Waals surface area contributed by atoms with Crippen molar-refractivity contribution in [3.05, 3.63) is 22.5 Å². The van der Waals surface area contributed by atoms with Gasteiger partial charge in [-0.25, -0.2) is 4.57 Å². The molecule has 0 spiro atoms. The third kappa shape index (κ3) is 9.29. The maximum atomic E-state index is 12.5. The van der Waals surface area contributed by atoms with E-state index in [1.807, 2.05) is 0 Å². The summed E-state index contributed by atoms with van der Waals surface area (Å²) in [5.41, 5.74) is 0. The fourth-order valence-corrected chi connectivity index (χ4v) is 3.62. The highest BCUT2D eigenvalue weighted by Gasteiger charge is 2.52. The van der Waals surface area contributed by atoms with E-state index in [-0.39, 0.29) is 19.7 Å². The SMILES string of the molecule is CC(=O)OC[C@H]1O[C@@H](OCCN(C)C(=O)Cn2ccnc2[N+](=O)[O-])[C@H](OC(C)=O)[C@@H](OC(C)=O)[C@H]1OC(C)=O. The summed E-state index contributed by atoms with van der Waals surface area (Å²) in [4.78, 5) is 74.5. The molecule has 1 saturated heterocycles. The number of aromatic nitrogens is 2. The van der Waals surface area contributed by atoms with Crippen molar-refractivity contribution in [3.63, 3.8) is 0 Å². The highest BCUT2D eigenvalue weighted by Crippen LogP contribution is 2.30. The largest absolute Gasteiger partial charge is 0.463 e. The highest BCUT2D eigenvalue weighted by molar-refractivity contribution is 5.76. The maximum Gasteiger partial charge on any atom is 0.435 e. The average molecular weight is 558 g/mol. The number of ether oxygens (including phenoxy) is 6. The second kappa shape index (κ2) is 14.1. The Bertz CT molecular complexity index is 1070. The third-order valence-electron chi connectivity index (χ3n) is 5.25.